The highest BCUT2D eigenvalue weighted by atomic mass is 16.5. The molecular formula is C8H13N3O3. The molecule has 0 saturated carbocycles. The van der Waals surface area contributed by atoms with E-state index in [1.807, 2.05) is 6.92 Å². The van der Waals surface area contributed by atoms with Crippen molar-refractivity contribution >= 4 is 5.97 Å². The van der Waals surface area contributed by atoms with E-state index in [4.69, 9.17) is 9.63 Å². The average Bonchev–Trinajstić information content (AvgIpc) is 2.61. The lowest BCUT2D eigenvalue weighted by molar-refractivity contribution is -0.139. The summed E-state index contributed by atoms with van der Waals surface area (Å²) in [7, 11) is 0. The molecule has 0 fully saturated rings. The summed E-state index contributed by atoms with van der Waals surface area (Å²) in [5.74, 6) is 0.139. The van der Waals surface area contributed by atoms with Crippen LogP contribution in [-0.4, -0.2) is 27.3 Å². The molecule has 0 amide bonds. The number of hydrogen-bond donors (Lipinski definition) is 2. The van der Waals surface area contributed by atoms with Crippen LogP contribution in [0.25, 0.3) is 0 Å². The Kier molecular flexibility index (Phi) is 3.58. The van der Waals surface area contributed by atoms with Crippen LogP contribution in [0, 0.1) is 0 Å². The maximum absolute atomic E-state index is 10.5. The maximum atomic E-state index is 10.5. The van der Waals surface area contributed by atoms with Crippen molar-refractivity contribution in [2.75, 3.05) is 0 Å². The molecule has 0 aromatic carbocycles. The van der Waals surface area contributed by atoms with Crippen LogP contribution in [-0.2, 0) is 17.8 Å². The van der Waals surface area contributed by atoms with Crippen LogP contribution >= 0.6 is 0 Å². The van der Waals surface area contributed by atoms with Crippen LogP contribution in [0.3, 0.4) is 0 Å². The second kappa shape index (κ2) is 4.71. The van der Waals surface area contributed by atoms with Crippen molar-refractivity contribution in [3.63, 3.8) is 0 Å². The molecule has 6 heteroatoms. The Morgan fingerprint density at radius 3 is 2.93 bits per heavy atom. The second-order valence-corrected chi connectivity index (χ2v) is 2.90. The van der Waals surface area contributed by atoms with Gasteiger partial charge in [0, 0.05) is 6.42 Å². The molecule has 0 saturated heterocycles. The van der Waals surface area contributed by atoms with E-state index in [0.717, 1.165) is 0 Å². The molecule has 0 aliphatic carbocycles. The fraction of sp³-hybridized carbons (Fsp3) is 0.625. The van der Waals surface area contributed by atoms with Crippen LogP contribution in [0.5, 0.6) is 0 Å². The molecule has 0 unspecified atom stereocenters. The molecule has 1 atom stereocenters. The van der Waals surface area contributed by atoms with Crippen LogP contribution < -0.4 is 5.32 Å². The summed E-state index contributed by atoms with van der Waals surface area (Å²) in [5.41, 5.74) is 0. The van der Waals surface area contributed by atoms with Crippen molar-refractivity contribution < 1.29 is 14.4 Å². The topological polar surface area (TPSA) is 88.2 Å². The molecule has 1 aromatic rings. The molecule has 0 aliphatic rings. The minimum Gasteiger partial charge on any atom is -0.480 e. The van der Waals surface area contributed by atoms with Crippen molar-refractivity contribution in [3.05, 3.63) is 11.7 Å². The number of nitrogens with one attached hydrogen (secondary N) is 1. The SMILES string of the molecule is CCc1noc(CN[C@@H](C)C(=O)O)n1. The summed E-state index contributed by atoms with van der Waals surface area (Å²) >= 11 is 0. The van der Waals surface area contributed by atoms with E-state index < -0.39 is 12.0 Å². The Bertz CT molecular complexity index is 311. The monoisotopic (exact) mass is 199 g/mol. The zero-order chi connectivity index (χ0) is 10.6. The number of nitrogens with zero attached hydrogens (tertiary/aromatic N) is 2. The van der Waals surface area contributed by atoms with Gasteiger partial charge in [0.25, 0.3) is 0 Å². The number of aliphatic carboxylic acids is 1. The van der Waals surface area contributed by atoms with Crippen molar-refractivity contribution in [1.29, 1.82) is 0 Å². The third-order valence-corrected chi connectivity index (χ3v) is 1.76. The van der Waals surface area contributed by atoms with Gasteiger partial charge in [0.05, 0.1) is 6.54 Å². The fourth-order valence-corrected chi connectivity index (χ4v) is 0.833. The lowest BCUT2D eigenvalue weighted by atomic mass is 10.3. The second-order valence-electron chi connectivity index (χ2n) is 2.90. The van der Waals surface area contributed by atoms with Gasteiger partial charge < -0.3 is 9.63 Å². The molecule has 2 N–H and O–H groups in total. The van der Waals surface area contributed by atoms with E-state index in [9.17, 15) is 4.79 Å². The Hall–Kier alpha value is -1.43. The van der Waals surface area contributed by atoms with Gasteiger partial charge in [-0.3, -0.25) is 10.1 Å². The molecule has 0 radical (unpaired) electrons. The standard InChI is InChI=1S/C8H13N3O3/c1-3-6-10-7(14-11-6)4-9-5(2)8(12)13/h5,9H,3-4H2,1-2H3,(H,12,13)/t5-/m0/s1. The van der Waals surface area contributed by atoms with Gasteiger partial charge in [-0.15, -0.1) is 0 Å². The number of hydrogen-bond acceptors (Lipinski definition) is 5. The predicted octanol–water partition coefficient (Wildman–Crippen LogP) is 0.195. The summed E-state index contributed by atoms with van der Waals surface area (Å²) in [6.07, 6.45) is 0.706. The van der Waals surface area contributed by atoms with E-state index in [0.29, 0.717) is 18.1 Å². The summed E-state index contributed by atoms with van der Waals surface area (Å²) in [6, 6.07) is -0.619. The number of carboxylic acid groups (broad SMARTS) is 1. The smallest absolute Gasteiger partial charge is 0.320 e. The van der Waals surface area contributed by atoms with Gasteiger partial charge in [-0.05, 0) is 6.92 Å². The number of carboxylic acids is 1. The Labute approximate surface area is 81.3 Å². The summed E-state index contributed by atoms with van der Waals surface area (Å²) in [4.78, 5) is 14.5. The van der Waals surface area contributed by atoms with Gasteiger partial charge in [-0.25, -0.2) is 0 Å². The maximum Gasteiger partial charge on any atom is 0.320 e. The fourth-order valence-electron chi connectivity index (χ4n) is 0.833. The molecule has 14 heavy (non-hydrogen) atoms. The first-order valence-electron chi connectivity index (χ1n) is 4.41. The van der Waals surface area contributed by atoms with Gasteiger partial charge in [0.2, 0.25) is 5.89 Å². The largest absolute Gasteiger partial charge is 0.480 e. The molecule has 1 aromatic heterocycles. The molecule has 1 rings (SSSR count). The molecule has 0 aliphatic heterocycles. The molecule has 78 valence electrons. The van der Waals surface area contributed by atoms with Gasteiger partial charge in [0.15, 0.2) is 5.82 Å². The zero-order valence-corrected chi connectivity index (χ0v) is 8.15. The van der Waals surface area contributed by atoms with E-state index >= 15 is 0 Å². The highest BCUT2D eigenvalue weighted by Crippen LogP contribution is 1.97. The van der Waals surface area contributed by atoms with Crippen LogP contribution in [0.1, 0.15) is 25.6 Å². The number of rotatable bonds is 5. The number of aryl methyl sites for hydroxylation is 1. The lowest BCUT2D eigenvalue weighted by Crippen LogP contribution is -2.33. The lowest BCUT2D eigenvalue weighted by Gasteiger charge is -2.04. The van der Waals surface area contributed by atoms with Gasteiger partial charge in [0.1, 0.15) is 6.04 Å². The minimum absolute atomic E-state index is 0.278. The van der Waals surface area contributed by atoms with E-state index in [1.165, 1.54) is 0 Å². The van der Waals surface area contributed by atoms with Gasteiger partial charge >= 0.3 is 5.97 Å². The molecular weight excluding hydrogens is 186 g/mol. The highest BCUT2D eigenvalue weighted by molar-refractivity contribution is 5.72. The van der Waals surface area contributed by atoms with Crippen LogP contribution in [0.4, 0.5) is 0 Å². The van der Waals surface area contributed by atoms with Crippen LogP contribution in [0.15, 0.2) is 4.52 Å². The number of aromatic nitrogens is 2. The summed E-state index contributed by atoms with van der Waals surface area (Å²) in [5, 5.41) is 15.0. The Morgan fingerprint density at radius 1 is 1.71 bits per heavy atom. The quantitative estimate of drug-likeness (QED) is 0.704. The first kappa shape index (κ1) is 10.6. The first-order valence-corrected chi connectivity index (χ1v) is 4.41. The van der Waals surface area contributed by atoms with Gasteiger partial charge in [-0.1, -0.05) is 12.1 Å². The Balaban J connectivity index is 2.41. The third-order valence-electron chi connectivity index (χ3n) is 1.76. The van der Waals surface area contributed by atoms with E-state index in [1.54, 1.807) is 6.92 Å². The molecule has 0 bridgehead atoms. The highest BCUT2D eigenvalue weighted by Gasteiger charge is 2.11. The summed E-state index contributed by atoms with van der Waals surface area (Å²) in [6.45, 7) is 3.75. The first-order chi connectivity index (χ1) is 6.63. The normalized spacial score (nSPS) is 12.7. The number of carbonyl (C=O) groups is 1. The van der Waals surface area contributed by atoms with Crippen molar-refractivity contribution in [2.24, 2.45) is 0 Å². The third kappa shape index (κ3) is 2.81. The molecule has 1 heterocycles. The van der Waals surface area contributed by atoms with Gasteiger partial charge in [-0.2, -0.15) is 4.98 Å². The van der Waals surface area contributed by atoms with E-state index in [-0.39, 0.29) is 6.54 Å². The van der Waals surface area contributed by atoms with Crippen LogP contribution in [0.2, 0.25) is 0 Å². The molecule has 6 nitrogen and oxygen atoms in total. The average molecular weight is 199 g/mol. The van der Waals surface area contributed by atoms with Crippen molar-refractivity contribution in [2.45, 2.75) is 32.9 Å². The van der Waals surface area contributed by atoms with E-state index in [2.05, 4.69) is 15.5 Å². The Morgan fingerprint density at radius 2 is 2.43 bits per heavy atom. The van der Waals surface area contributed by atoms with Crippen molar-refractivity contribution in [1.82, 2.24) is 15.5 Å². The van der Waals surface area contributed by atoms with Crippen molar-refractivity contribution in [3.8, 4) is 0 Å². The zero-order valence-electron chi connectivity index (χ0n) is 8.15. The summed E-state index contributed by atoms with van der Waals surface area (Å²) < 4.78 is 4.87. The minimum atomic E-state index is -0.903. The predicted molar refractivity (Wildman–Crippen MR) is 47.6 cm³/mol. The molecule has 0 spiro atoms.